The van der Waals surface area contributed by atoms with Crippen molar-refractivity contribution in [3.8, 4) is 34.6 Å². The van der Waals surface area contributed by atoms with Gasteiger partial charge in [-0.3, -0.25) is 0 Å². The van der Waals surface area contributed by atoms with Crippen molar-refractivity contribution in [3.05, 3.63) is 58.4 Å². The second-order valence-electron chi connectivity index (χ2n) is 6.55. The largest absolute Gasteiger partial charge is 0.494 e. The molecule has 0 saturated carbocycles. The number of rotatable bonds is 9. The SMILES string of the molecule is CCCCOc1ccc(C=C(C#N)c2nc(-c3ccc(OC)c(OC)c3)cs2)cc1. The molecule has 0 fully saturated rings. The molecular weight excluding hydrogens is 396 g/mol. The second-order valence-corrected chi connectivity index (χ2v) is 7.41. The Morgan fingerprint density at radius 1 is 1.10 bits per heavy atom. The number of hydrogen-bond acceptors (Lipinski definition) is 6. The van der Waals surface area contributed by atoms with Crippen LogP contribution < -0.4 is 14.2 Å². The van der Waals surface area contributed by atoms with E-state index in [1.807, 2.05) is 53.9 Å². The van der Waals surface area contributed by atoms with E-state index in [1.54, 1.807) is 14.2 Å². The van der Waals surface area contributed by atoms with Gasteiger partial charge in [0.15, 0.2) is 11.5 Å². The maximum atomic E-state index is 9.66. The van der Waals surface area contributed by atoms with Crippen LogP contribution in [0.5, 0.6) is 17.2 Å². The lowest BCUT2D eigenvalue weighted by Gasteiger charge is -2.08. The van der Waals surface area contributed by atoms with Crippen LogP contribution in [0.25, 0.3) is 22.9 Å². The second kappa shape index (κ2) is 10.5. The predicted octanol–water partition coefficient (Wildman–Crippen LogP) is 6.07. The van der Waals surface area contributed by atoms with Gasteiger partial charge in [0, 0.05) is 10.9 Å². The van der Waals surface area contributed by atoms with E-state index in [0.717, 1.165) is 35.4 Å². The zero-order valence-corrected chi connectivity index (χ0v) is 18.2. The van der Waals surface area contributed by atoms with Gasteiger partial charge in [-0.2, -0.15) is 5.26 Å². The molecule has 154 valence electrons. The summed E-state index contributed by atoms with van der Waals surface area (Å²) in [4.78, 5) is 4.65. The van der Waals surface area contributed by atoms with Crippen LogP contribution >= 0.6 is 11.3 Å². The molecule has 2 aromatic carbocycles. The van der Waals surface area contributed by atoms with Gasteiger partial charge in [-0.05, 0) is 48.4 Å². The molecule has 0 unspecified atom stereocenters. The summed E-state index contributed by atoms with van der Waals surface area (Å²) < 4.78 is 16.3. The highest BCUT2D eigenvalue weighted by Crippen LogP contribution is 2.34. The highest BCUT2D eigenvalue weighted by atomic mass is 32.1. The Hall–Kier alpha value is -3.30. The van der Waals surface area contributed by atoms with Gasteiger partial charge in [0.1, 0.15) is 16.8 Å². The molecule has 0 N–H and O–H groups in total. The first kappa shape index (κ1) is 21.4. The van der Waals surface area contributed by atoms with Crippen LogP contribution in [0, 0.1) is 11.3 Å². The summed E-state index contributed by atoms with van der Waals surface area (Å²) >= 11 is 1.44. The van der Waals surface area contributed by atoms with Crippen molar-refractivity contribution >= 4 is 23.0 Å². The molecule has 5 nitrogen and oxygen atoms in total. The molecule has 0 aliphatic rings. The van der Waals surface area contributed by atoms with Crippen molar-refractivity contribution in [2.75, 3.05) is 20.8 Å². The zero-order chi connectivity index (χ0) is 21.3. The van der Waals surface area contributed by atoms with Gasteiger partial charge < -0.3 is 14.2 Å². The number of nitriles is 1. The summed E-state index contributed by atoms with van der Waals surface area (Å²) in [5.41, 5.74) is 3.14. The van der Waals surface area contributed by atoms with Gasteiger partial charge in [-0.1, -0.05) is 25.5 Å². The standard InChI is InChI=1S/C24H24N2O3S/c1-4-5-12-29-20-9-6-17(7-10-20)13-19(15-25)24-26-21(16-30-24)18-8-11-22(27-2)23(14-18)28-3/h6-11,13-14,16H,4-5,12H2,1-3H3. The molecule has 30 heavy (non-hydrogen) atoms. The number of benzene rings is 2. The van der Waals surface area contributed by atoms with Gasteiger partial charge in [0.05, 0.1) is 32.1 Å². The predicted molar refractivity (Wildman–Crippen MR) is 121 cm³/mol. The third-order valence-corrected chi connectivity index (χ3v) is 5.37. The molecule has 3 rings (SSSR count). The molecule has 0 atom stereocenters. The number of methoxy groups -OCH3 is 2. The lowest BCUT2D eigenvalue weighted by atomic mass is 10.1. The third-order valence-electron chi connectivity index (χ3n) is 4.49. The van der Waals surface area contributed by atoms with Gasteiger partial charge in [-0.25, -0.2) is 4.98 Å². The van der Waals surface area contributed by atoms with Crippen molar-refractivity contribution in [2.24, 2.45) is 0 Å². The Balaban J connectivity index is 1.80. The summed E-state index contributed by atoms with van der Waals surface area (Å²) in [6.45, 7) is 2.85. The first-order valence-electron chi connectivity index (χ1n) is 9.71. The molecule has 0 radical (unpaired) electrons. The molecule has 0 amide bonds. The Bertz CT molecular complexity index is 1050. The molecule has 3 aromatic rings. The molecule has 0 spiro atoms. The van der Waals surface area contributed by atoms with E-state index in [1.165, 1.54) is 11.3 Å². The van der Waals surface area contributed by atoms with Gasteiger partial charge in [0.2, 0.25) is 0 Å². The molecule has 0 aliphatic carbocycles. The number of hydrogen-bond donors (Lipinski definition) is 0. The quantitative estimate of drug-likeness (QED) is 0.310. The summed E-state index contributed by atoms with van der Waals surface area (Å²) in [6, 6.07) is 15.7. The number of thiazole rings is 1. The van der Waals surface area contributed by atoms with Gasteiger partial charge >= 0.3 is 0 Å². The molecule has 6 heteroatoms. The minimum Gasteiger partial charge on any atom is -0.494 e. The summed E-state index contributed by atoms with van der Waals surface area (Å²) in [5, 5.41) is 12.3. The van der Waals surface area contributed by atoms with Crippen LogP contribution in [-0.4, -0.2) is 25.8 Å². The van der Waals surface area contributed by atoms with Crippen LogP contribution in [0.4, 0.5) is 0 Å². The van der Waals surface area contributed by atoms with E-state index >= 15 is 0 Å². The highest BCUT2D eigenvalue weighted by molar-refractivity contribution is 7.11. The minimum atomic E-state index is 0.520. The number of nitrogens with zero attached hydrogens (tertiary/aromatic N) is 2. The van der Waals surface area contributed by atoms with Gasteiger partial charge in [0.25, 0.3) is 0 Å². The van der Waals surface area contributed by atoms with E-state index in [2.05, 4.69) is 18.0 Å². The number of allylic oxidation sites excluding steroid dienone is 1. The van der Waals surface area contributed by atoms with E-state index in [-0.39, 0.29) is 0 Å². The summed E-state index contributed by atoms with van der Waals surface area (Å²) in [6.07, 6.45) is 3.98. The first-order valence-corrected chi connectivity index (χ1v) is 10.6. The Morgan fingerprint density at radius 3 is 2.53 bits per heavy atom. The monoisotopic (exact) mass is 420 g/mol. The molecular formula is C24H24N2O3S. The zero-order valence-electron chi connectivity index (χ0n) is 17.3. The molecule has 1 aromatic heterocycles. The van der Waals surface area contributed by atoms with Crippen molar-refractivity contribution < 1.29 is 14.2 Å². The van der Waals surface area contributed by atoms with E-state index in [9.17, 15) is 5.26 Å². The molecule has 1 heterocycles. The summed E-state index contributed by atoms with van der Waals surface area (Å²) in [5.74, 6) is 2.14. The fourth-order valence-corrected chi connectivity index (χ4v) is 3.62. The van der Waals surface area contributed by atoms with Crippen molar-refractivity contribution in [2.45, 2.75) is 19.8 Å². The maximum absolute atomic E-state index is 9.66. The fraction of sp³-hybridized carbons (Fsp3) is 0.250. The first-order chi connectivity index (χ1) is 14.7. The minimum absolute atomic E-state index is 0.520. The smallest absolute Gasteiger partial charge is 0.161 e. The van der Waals surface area contributed by atoms with E-state index in [4.69, 9.17) is 14.2 Å². The van der Waals surface area contributed by atoms with Crippen molar-refractivity contribution in [3.63, 3.8) is 0 Å². The number of aromatic nitrogens is 1. The third kappa shape index (κ3) is 5.19. The average molecular weight is 421 g/mol. The maximum Gasteiger partial charge on any atom is 0.161 e. The van der Waals surface area contributed by atoms with Crippen molar-refractivity contribution in [1.29, 1.82) is 5.26 Å². The van der Waals surface area contributed by atoms with Crippen LogP contribution in [0.3, 0.4) is 0 Å². The average Bonchev–Trinajstić information content (AvgIpc) is 3.28. The molecule has 0 saturated heterocycles. The highest BCUT2D eigenvalue weighted by Gasteiger charge is 2.12. The number of ether oxygens (including phenoxy) is 3. The van der Waals surface area contributed by atoms with Crippen LogP contribution in [-0.2, 0) is 0 Å². The topological polar surface area (TPSA) is 64.4 Å². The van der Waals surface area contributed by atoms with E-state index in [0.29, 0.717) is 28.7 Å². The van der Waals surface area contributed by atoms with Crippen molar-refractivity contribution in [1.82, 2.24) is 4.98 Å². The lowest BCUT2D eigenvalue weighted by molar-refractivity contribution is 0.309. The lowest BCUT2D eigenvalue weighted by Crippen LogP contribution is -1.95. The number of unbranched alkanes of at least 4 members (excludes halogenated alkanes) is 1. The van der Waals surface area contributed by atoms with Crippen LogP contribution in [0.15, 0.2) is 47.8 Å². The normalized spacial score (nSPS) is 11.1. The Morgan fingerprint density at radius 2 is 1.87 bits per heavy atom. The van der Waals surface area contributed by atoms with Gasteiger partial charge in [-0.15, -0.1) is 11.3 Å². The molecule has 0 aliphatic heterocycles. The van der Waals surface area contributed by atoms with Crippen LogP contribution in [0.2, 0.25) is 0 Å². The summed E-state index contributed by atoms with van der Waals surface area (Å²) in [7, 11) is 3.21. The molecule has 0 bridgehead atoms. The Kier molecular flexibility index (Phi) is 7.47. The van der Waals surface area contributed by atoms with E-state index < -0.39 is 0 Å². The Labute approximate surface area is 181 Å². The fourth-order valence-electron chi connectivity index (χ4n) is 2.83. The van der Waals surface area contributed by atoms with Crippen LogP contribution in [0.1, 0.15) is 30.3 Å².